The molecule has 0 aromatic carbocycles. The summed E-state index contributed by atoms with van der Waals surface area (Å²) in [5.41, 5.74) is -0.476. The number of hydrogen-bond donors (Lipinski definition) is 2. The van der Waals surface area contributed by atoms with Crippen LogP contribution in [0.2, 0.25) is 0 Å². The average Bonchev–Trinajstić information content (AvgIpc) is 2.07. The van der Waals surface area contributed by atoms with Crippen molar-refractivity contribution in [2.24, 2.45) is 10.6 Å². The van der Waals surface area contributed by atoms with Crippen molar-refractivity contribution in [1.82, 2.24) is 0 Å². The molecule has 0 radical (unpaired) electrons. The molecule has 4 heteroatoms. The third-order valence-corrected chi connectivity index (χ3v) is 2.83. The van der Waals surface area contributed by atoms with Gasteiger partial charge in [0.1, 0.15) is 6.10 Å². The molecule has 0 unspecified atom stereocenters. The van der Waals surface area contributed by atoms with Crippen molar-refractivity contribution in [3.05, 3.63) is 0 Å². The van der Waals surface area contributed by atoms with Crippen molar-refractivity contribution in [3.63, 3.8) is 0 Å². The van der Waals surface area contributed by atoms with E-state index in [1.165, 1.54) is 0 Å². The van der Waals surface area contributed by atoms with Crippen molar-refractivity contribution in [2.75, 3.05) is 6.61 Å². The van der Waals surface area contributed by atoms with E-state index in [4.69, 9.17) is 9.94 Å². The molecule has 4 nitrogen and oxygen atoms in total. The highest BCUT2D eigenvalue weighted by Crippen LogP contribution is 2.40. The van der Waals surface area contributed by atoms with Gasteiger partial charge in [-0.2, -0.15) is 0 Å². The van der Waals surface area contributed by atoms with Gasteiger partial charge < -0.3 is 15.1 Å². The highest BCUT2D eigenvalue weighted by Gasteiger charge is 2.47. The third-order valence-electron chi connectivity index (χ3n) is 2.83. The topological polar surface area (TPSA) is 62.0 Å². The average molecular weight is 215 g/mol. The second-order valence-corrected chi connectivity index (χ2v) is 5.30. The Balaban J connectivity index is 2.95. The summed E-state index contributed by atoms with van der Waals surface area (Å²) in [5.74, 6) is 0. The molecule has 2 N–H and O–H groups in total. The smallest absolute Gasteiger partial charge is 0.127 e. The van der Waals surface area contributed by atoms with Crippen LogP contribution in [0, 0.1) is 5.41 Å². The van der Waals surface area contributed by atoms with Crippen LogP contribution in [-0.4, -0.2) is 34.3 Å². The molecule has 1 saturated carbocycles. The molecule has 0 aromatic heterocycles. The van der Waals surface area contributed by atoms with E-state index < -0.39 is 11.7 Å². The number of nitrogens with zero attached hydrogens (tertiary/aromatic N) is 1. The molecule has 1 aliphatic carbocycles. The Morgan fingerprint density at radius 1 is 1.47 bits per heavy atom. The lowest BCUT2D eigenvalue weighted by Gasteiger charge is -2.44. The predicted molar refractivity (Wildman–Crippen MR) is 58.3 cm³/mol. The van der Waals surface area contributed by atoms with Gasteiger partial charge in [-0.3, -0.25) is 0 Å². The zero-order chi connectivity index (χ0) is 11.7. The van der Waals surface area contributed by atoms with E-state index in [1.807, 2.05) is 6.92 Å². The van der Waals surface area contributed by atoms with Crippen molar-refractivity contribution < 1.29 is 15.1 Å². The first-order valence-corrected chi connectivity index (χ1v) is 5.37. The molecule has 0 amide bonds. The number of rotatable bonds is 2. The molecule has 1 rings (SSSR count). The summed E-state index contributed by atoms with van der Waals surface area (Å²) in [5, 5.41) is 22.5. The van der Waals surface area contributed by atoms with Gasteiger partial charge in [0.15, 0.2) is 0 Å². The van der Waals surface area contributed by atoms with Crippen LogP contribution in [0.1, 0.15) is 40.5 Å². The fourth-order valence-corrected chi connectivity index (χ4v) is 2.60. The molecule has 0 spiro atoms. The summed E-state index contributed by atoms with van der Waals surface area (Å²) in [6.07, 6.45) is 0.814. The Bertz CT molecular complexity index is 259. The molecule has 88 valence electrons. The largest absolute Gasteiger partial charge is 0.411 e. The maximum atomic E-state index is 10.3. The Hall–Kier alpha value is -0.610. The van der Waals surface area contributed by atoms with Gasteiger partial charge in [0, 0.05) is 6.61 Å². The minimum absolute atomic E-state index is 0.0569. The normalized spacial score (nSPS) is 38.2. The van der Waals surface area contributed by atoms with E-state index >= 15 is 0 Å². The second kappa shape index (κ2) is 4.10. The van der Waals surface area contributed by atoms with E-state index in [-0.39, 0.29) is 5.41 Å². The lowest BCUT2D eigenvalue weighted by Crippen LogP contribution is -2.54. The highest BCUT2D eigenvalue weighted by atomic mass is 16.5. The van der Waals surface area contributed by atoms with Gasteiger partial charge in [0.05, 0.1) is 11.3 Å². The summed E-state index contributed by atoms with van der Waals surface area (Å²) in [7, 11) is 0. The molecule has 1 aliphatic rings. The van der Waals surface area contributed by atoms with E-state index in [2.05, 4.69) is 19.0 Å². The third kappa shape index (κ3) is 2.69. The van der Waals surface area contributed by atoms with Gasteiger partial charge in [0.2, 0.25) is 0 Å². The first-order valence-electron chi connectivity index (χ1n) is 5.37. The zero-order valence-corrected chi connectivity index (χ0v) is 9.95. The van der Waals surface area contributed by atoms with Crippen LogP contribution in [0.15, 0.2) is 5.16 Å². The molecular weight excluding hydrogens is 194 g/mol. The minimum Gasteiger partial charge on any atom is -0.411 e. The number of aliphatic hydroxyl groups is 1. The SMILES string of the molecule is CCO[C@@H]1/C(=N/O)CC(C)(C)C[C@@]1(C)O. The van der Waals surface area contributed by atoms with Crippen LogP contribution in [0.25, 0.3) is 0 Å². The molecule has 2 atom stereocenters. The summed E-state index contributed by atoms with van der Waals surface area (Å²) < 4.78 is 5.45. The number of ether oxygens (including phenoxy) is 1. The van der Waals surface area contributed by atoms with Crippen LogP contribution in [0.3, 0.4) is 0 Å². The first-order chi connectivity index (χ1) is 6.82. The Morgan fingerprint density at radius 2 is 2.07 bits per heavy atom. The molecule has 0 aromatic rings. The molecule has 15 heavy (non-hydrogen) atoms. The van der Waals surface area contributed by atoms with Crippen LogP contribution >= 0.6 is 0 Å². The lowest BCUT2D eigenvalue weighted by atomic mass is 9.68. The van der Waals surface area contributed by atoms with Gasteiger partial charge in [-0.15, -0.1) is 0 Å². The quantitative estimate of drug-likeness (QED) is 0.545. The van der Waals surface area contributed by atoms with Gasteiger partial charge in [0.25, 0.3) is 0 Å². The van der Waals surface area contributed by atoms with Crippen LogP contribution in [0.4, 0.5) is 0 Å². The lowest BCUT2D eigenvalue weighted by molar-refractivity contribution is -0.0967. The maximum absolute atomic E-state index is 10.3. The fraction of sp³-hybridized carbons (Fsp3) is 0.909. The van der Waals surface area contributed by atoms with E-state index in [0.717, 1.165) is 0 Å². The molecule has 0 saturated heterocycles. The van der Waals surface area contributed by atoms with Gasteiger partial charge in [-0.25, -0.2) is 0 Å². The Morgan fingerprint density at radius 3 is 2.53 bits per heavy atom. The summed E-state index contributed by atoms with van der Waals surface area (Å²) in [6, 6.07) is 0. The van der Waals surface area contributed by atoms with Crippen molar-refractivity contribution >= 4 is 5.71 Å². The Labute approximate surface area is 90.9 Å². The minimum atomic E-state index is -0.959. The first kappa shape index (κ1) is 12.5. The molecule has 1 fully saturated rings. The molecular formula is C11H21NO3. The number of oxime groups is 1. The monoisotopic (exact) mass is 215 g/mol. The van der Waals surface area contributed by atoms with Gasteiger partial charge >= 0.3 is 0 Å². The highest BCUT2D eigenvalue weighted by molar-refractivity contribution is 5.90. The summed E-state index contributed by atoms with van der Waals surface area (Å²) in [6.45, 7) is 8.20. The summed E-state index contributed by atoms with van der Waals surface area (Å²) in [4.78, 5) is 0. The molecule has 0 heterocycles. The van der Waals surface area contributed by atoms with Crippen LogP contribution in [-0.2, 0) is 4.74 Å². The van der Waals surface area contributed by atoms with Gasteiger partial charge in [-0.05, 0) is 32.1 Å². The second-order valence-electron chi connectivity index (χ2n) is 5.30. The Kier molecular flexibility index (Phi) is 3.41. The van der Waals surface area contributed by atoms with Crippen LogP contribution < -0.4 is 0 Å². The van der Waals surface area contributed by atoms with Crippen molar-refractivity contribution in [1.29, 1.82) is 0 Å². The summed E-state index contributed by atoms with van der Waals surface area (Å²) >= 11 is 0. The van der Waals surface area contributed by atoms with E-state index in [9.17, 15) is 5.11 Å². The molecule has 0 aliphatic heterocycles. The predicted octanol–water partition coefficient (Wildman–Crippen LogP) is 1.79. The van der Waals surface area contributed by atoms with E-state index in [1.54, 1.807) is 6.92 Å². The standard InChI is InChI=1S/C11H21NO3/c1-5-15-9-8(12-14)6-10(2,3)7-11(9,4)13/h9,13-14H,5-7H2,1-4H3/b12-8+/t9-,11-/m1/s1. The number of hydrogen-bond acceptors (Lipinski definition) is 4. The molecule has 0 bridgehead atoms. The zero-order valence-electron chi connectivity index (χ0n) is 9.95. The maximum Gasteiger partial charge on any atom is 0.127 e. The van der Waals surface area contributed by atoms with Crippen LogP contribution in [0.5, 0.6) is 0 Å². The van der Waals surface area contributed by atoms with Crippen molar-refractivity contribution in [2.45, 2.75) is 52.2 Å². The fourth-order valence-electron chi connectivity index (χ4n) is 2.60. The van der Waals surface area contributed by atoms with Gasteiger partial charge in [-0.1, -0.05) is 19.0 Å². The van der Waals surface area contributed by atoms with Crippen molar-refractivity contribution in [3.8, 4) is 0 Å². The van der Waals surface area contributed by atoms with E-state index in [0.29, 0.717) is 25.2 Å².